The van der Waals surface area contributed by atoms with Gasteiger partial charge in [-0.05, 0) is 37.1 Å². The number of amides is 1. The van der Waals surface area contributed by atoms with E-state index in [1.165, 1.54) is 6.20 Å². The molecule has 0 spiro atoms. The lowest BCUT2D eigenvalue weighted by atomic mass is 9.90. The van der Waals surface area contributed by atoms with Crippen LogP contribution in [0, 0.1) is 0 Å². The lowest BCUT2D eigenvalue weighted by molar-refractivity contribution is -0.481. The summed E-state index contributed by atoms with van der Waals surface area (Å²) in [6.07, 6.45) is 9.96. The molecule has 6 nitrogen and oxygen atoms in total. The maximum atomic E-state index is 13.2. The number of fused-ring (bicyclic) bond motifs is 2. The Morgan fingerprint density at radius 2 is 2.09 bits per heavy atom. The van der Waals surface area contributed by atoms with Crippen LogP contribution in [0.3, 0.4) is 0 Å². The molecule has 0 bridgehead atoms. The zero-order valence-electron chi connectivity index (χ0n) is 18.0. The SMILES string of the molecule is C=[N+](C(=O)C1=C2N=CC=C=C2CC=C1)C1CCC(Nc2cccc3nc(C(F)F)cn23)CC1. The number of hydrogen-bond donors (Lipinski definition) is 1. The first-order valence-corrected chi connectivity index (χ1v) is 11.1. The smallest absolute Gasteiger partial charge is 0.368 e. The summed E-state index contributed by atoms with van der Waals surface area (Å²) in [7, 11) is 0. The van der Waals surface area contributed by atoms with E-state index in [1.807, 2.05) is 18.2 Å². The number of carbonyl (C=O) groups excluding carboxylic acids is 1. The highest BCUT2D eigenvalue weighted by Crippen LogP contribution is 2.30. The van der Waals surface area contributed by atoms with Crippen molar-refractivity contribution in [3.63, 3.8) is 0 Å². The second kappa shape index (κ2) is 8.71. The second-order valence-corrected chi connectivity index (χ2v) is 8.47. The van der Waals surface area contributed by atoms with Crippen molar-refractivity contribution in [3.8, 4) is 0 Å². The van der Waals surface area contributed by atoms with E-state index in [2.05, 4.69) is 27.7 Å². The zero-order valence-corrected chi connectivity index (χ0v) is 18.0. The Hall–Kier alpha value is -3.64. The third-order valence-corrected chi connectivity index (χ3v) is 6.40. The van der Waals surface area contributed by atoms with Gasteiger partial charge in [0.2, 0.25) is 0 Å². The molecule has 1 amide bonds. The number of imidazole rings is 1. The first-order valence-electron chi connectivity index (χ1n) is 11.1. The number of aromatic nitrogens is 2. The van der Waals surface area contributed by atoms with Crippen molar-refractivity contribution in [2.45, 2.75) is 50.6 Å². The number of rotatable bonds is 5. The minimum Gasteiger partial charge on any atom is -0.368 e. The lowest BCUT2D eigenvalue weighted by Crippen LogP contribution is -2.38. The summed E-state index contributed by atoms with van der Waals surface area (Å²) < 4.78 is 29.4. The summed E-state index contributed by atoms with van der Waals surface area (Å²) in [6.45, 7) is 4.07. The van der Waals surface area contributed by atoms with Gasteiger partial charge in [0, 0.05) is 43.3 Å². The van der Waals surface area contributed by atoms with Crippen LogP contribution in [0.5, 0.6) is 0 Å². The van der Waals surface area contributed by atoms with Gasteiger partial charge >= 0.3 is 5.91 Å². The monoisotopic (exact) mass is 448 g/mol. The molecule has 3 heterocycles. The Kier molecular flexibility index (Phi) is 5.60. The Labute approximate surface area is 190 Å². The fourth-order valence-electron chi connectivity index (χ4n) is 4.64. The lowest BCUT2D eigenvalue weighted by Gasteiger charge is -2.27. The minimum absolute atomic E-state index is 0.0315. The third-order valence-electron chi connectivity index (χ3n) is 6.40. The molecule has 33 heavy (non-hydrogen) atoms. The summed E-state index contributed by atoms with van der Waals surface area (Å²) in [6, 6.07) is 5.58. The van der Waals surface area contributed by atoms with Crippen LogP contribution in [0.15, 0.2) is 70.2 Å². The van der Waals surface area contributed by atoms with Crippen molar-refractivity contribution in [2.24, 2.45) is 4.99 Å². The van der Waals surface area contributed by atoms with Gasteiger partial charge in [0.25, 0.3) is 6.43 Å². The van der Waals surface area contributed by atoms with Gasteiger partial charge < -0.3 is 5.32 Å². The van der Waals surface area contributed by atoms with Crippen LogP contribution < -0.4 is 5.32 Å². The van der Waals surface area contributed by atoms with Crippen LogP contribution in [-0.2, 0) is 4.79 Å². The standard InChI is InChI=1S/C25H24F2N5O/c1-31(25(33)19-7-2-5-16-6-4-14-28-23(16)19)18-12-10-17(11-13-18)29-21-8-3-9-22-30-20(24(26)27)15-32(21)22/h2-4,7-9,14-15,17-18,24,29H,1,5,10-13H2/q+1. The van der Waals surface area contributed by atoms with E-state index < -0.39 is 6.43 Å². The highest BCUT2D eigenvalue weighted by atomic mass is 19.3. The largest absolute Gasteiger partial charge is 0.421 e. The van der Waals surface area contributed by atoms with E-state index in [9.17, 15) is 13.6 Å². The number of anilines is 1. The molecule has 168 valence electrons. The van der Waals surface area contributed by atoms with Crippen molar-refractivity contribution in [2.75, 3.05) is 5.32 Å². The van der Waals surface area contributed by atoms with Gasteiger partial charge in [0.05, 0.1) is 5.70 Å². The summed E-state index contributed by atoms with van der Waals surface area (Å²) in [4.78, 5) is 21.5. The topological polar surface area (TPSA) is 61.8 Å². The Morgan fingerprint density at radius 1 is 1.27 bits per heavy atom. The summed E-state index contributed by atoms with van der Waals surface area (Å²) in [5, 5.41) is 3.46. The number of aliphatic imine (C=N–C) groups is 1. The minimum atomic E-state index is -2.61. The molecule has 0 unspecified atom stereocenters. The molecule has 1 aliphatic heterocycles. The molecule has 3 aliphatic rings. The van der Waals surface area contributed by atoms with Crippen LogP contribution in [0.25, 0.3) is 5.65 Å². The van der Waals surface area contributed by atoms with Crippen LogP contribution >= 0.6 is 0 Å². The van der Waals surface area contributed by atoms with E-state index in [-0.39, 0.29) is 23.7 Å². The number of nitrogens with zero attached hydrogens (tertiary/aromatic N) is 4. The van der Waals surface area contributed by atoms with Crippen LogP contribution in [0.4, 0.5) is 14.6 Å². The number of halogens is 2. The Bertz CT molecular complexity index is 1290. The van der Waals surface area contributed by atoms with Crippen molar-refractivity contribution in [3.05, 3.63) is 70.9 Å². The highest BCUT2D eigenvalue weighted by Gasteiger charge is 2.35. The fraction of sp³-hybridized carbons (Fsp3) is 0.320. The summed E-state index contributed by atoms with van der Waals surface area (Å²) in [5.74, 6) is 0.609. The molecule has 1 N–H and O–H groups in total. The molecule has 0 radical (unpaired) electrons. The average Bonchev–Trinajstić information content (AvgIpc) is 3.29. The van der Waals surface area contributed by atoms with Gasteiger partial charge in [-0.3, -0.25) is 9.39 Å². The normalized spacial score (nSPS) is 22.0. The van der Waals surface area contributed by atoms with E-state index in [0.29, 0.717) is 16.9 Å². The van der Waals surface area contributed by atoms with Gasteiger partial charge in [-0.1, -0.05) is 12.1 Å². The first kappa shape index (κ1) is 21.2. The molecule has 0 saturated heterocycles. The van der Waals surface area contributed by atoms with Crippen molar-refractivity contribution in [1.29, 1.82) is 0 Å². The molecule has 8 heteroatoms. The van der Waals surface area contributed by atoms with Crippen LogP contribution in [-0.4, -0.2) is 44.9 Å². The molecule has 5 rings (SSSR count). The highest BCUT2D eigenvalue weighted by molar-refractivity contribution is 5.94. The molecular weight excluding hydrogens is 424 g/mol. The Balaban J connectivity index is 1.25. The van der Waals surface area contributed by atoms with Crippen molar-refractivity contribution < 1.29 is 18.2 Å². The van der Waals surface area contributed by atoms with Gasteiger partial charge in [-0.15, -0.1) is 5.73 Å². The number of carbonyl (C=O) groups is 1. The first-order chi connectivity index (χ1) is 16.0. The van der Waals surface area contributed by atoms with Crippen LogP contribution in [0.1, 0.15) is 44.2 Å². The molecule has 0 aromatic carbocycles. The Morgan fingerprint density at radius 3 is 2.88 bits per heavy atom. The van der Waals surface area contributed by atoms with Gasteiger partial charge in [0.15, 0.2) is 6.04 Å². The van der Waals surface area contributed by atoms with Crippen molar-refractivity contribution >= 4 is 30.3 Å². The molecule has 2 aliphatic carbocycles. The molecule has 2 aromatic rings. The zero-order chi connectivity index (χ0) is 22.9. The number of pyridine rings is 1. The third kappa shape index (κ3) is 4.10. The van der Waals surface area contributed by atoms with Gasteiger partial charge in [-0.2, -0.15) is 4.58 Å². The second-order valence-electron chi connectivity index (χ2n) is 8.47. The predicted octanol–water partition coefficient (Wildman–Crippen LogP) is 4.61. The predicted molar refractivity (Wildman–Crippen MR) is 123 cm³/mol. The van der Waals surface area contributed by atoms with E-state index >= 15 is 0 Å². The van der Waals surface area contributed by atoms with E-state index in [1.54, 1.807) is 33.4 Å². The van der Waals surface area contributed by atoms with E-state index in [0.717, 1.165) is 43.5 Å². The van der Waals surface area contributed by atoms with Gasteiger partial charge in [-0.25, -0.2) is 18.6 Å². The fourth-order valence-corrected chi connectivity index (χ4v) is 4.64. The average molecular weight is 448 g/mol. The van der Waals surface area contributed by atoms with Crippen molar-refractivity contribution in [1.82, 2.24) is 9.38 Å². The van der Waals surface area contributed by atoms with Crippen LogP contribution in [0.2, 0.25) is 0 Å². The summed E-state index contributed by atoms with van der Waals surface area (Å²) in [5.41, 5.74) is 5.58. The van der Waals surface area contributed by atoms with E-state index in [4.69, 9.17) is 0 Å². The molecular formula is C25H24F2N5O+. The number of allylic oxidation sites excluding steroid dienone is 2. The maximum absolute atomic E-state index is 13.2. The quantitative estimate of drug-likeness (QED) is 0.413. The number of alkyl halides is 2. The van der Waals surface area contributed by atoms with Gasteiger partial charge in [0.1, 0.15) is 29.4 Å². The maximum Gasteiger partial charge on any atom is 0.421 e. The number of hydrogen-bond acceptors (Lipinski definition) is 4. The number of nitrogens with one attached hydrogen (secondary N) is 1. The molecule has 1 fully saturated rings. The molecule has 0 atom stereocenters. The summed E-state index contributed by atoms with van der Waals surface area (Å²) >= 11 is 0. The molecule has 1 saturated carbocycles. The molecule has 2 aromatic heterocycles.